The molecule has 0 bridgehead atoms. The van der Waals surface area contributed by atoms with Gasteiger partial charge in [0.25, 0.3) is 0 Å². The van der Waals surface area contributed by atoms with E-state index >= 15 is 0 Å². The Bertz CT molecular complexity index is 422. The Labute approximate surface area is 116 Å². The number of nitrogens with one attached hydrogen (secondary N) is 1. The fourth-order valence-electron chi connectivity index (χ4n) is 3.02. The number of hydrogen-bond donors (Lipinski definition) is 1. The van der Waals surface area contributed by atoms with Crippen molar-refractivity contribution >= 4 is 11.6 Å². The van der Waals surface area contributed by atoms with Gasteiger partial charge in [-0.15, -0.1) is 0 Å². The van der Waals surface area contributed by atoms with Crippen molar-refractivity contribution in [2.75, 3.05) is 24.3 Å². The van der Waals surface area contributed by atoms with Gasteiger partial charge in [0.1, 0.15) is 17.5 Å². The minimum absolute atomic E-state index is 0.625. The molecule has 1 aliphatic rings. The van der Waals surface area contributed by atoms with E-state index in [4.69, 9.17) is 0 Å². The van der Waals surface area contributed by atoms with Crippen LogP contribution in [-0.2, 0) is 0 Å². The van der Waals surface area contributed by atoms with E-state index in [9.17, 15) is 0 Å². The van der Waals surface area contributed by atoms with E-state index in [1.54, 1.807) is 0 Å². The Morgan fingerprint density at radius 1 is 1.05 bits per heavy atom. The van der Waals surface area contributed by atoms with E-state index in [-0.39, 0.29) is 0 Å². The summed E-state index contributed by atoms with van der Waals surface area (Å²) >= 11 is 0. The number of hydrogen-bond acceptors (Lipinski definition) is 4. The van der Waals surface area contributed by atoms with E-state index in [1.165, 1.54) is 38.5 Å². The first-order chi connectivity index (χ1) is 9.13. The van der Waals surface area contributed by atoms with Gasteiger partial charge in [0.05, 0.1) is 0 Å². The first kappa shape index (κ1) is 14.1. The van der Waals surface area contributed by atoms with Gasteiger partial charge in [-0.25, -0.2) is 9.97 Å². The second-order valence-electron chi connectivity index (χ2n) is 5.57. The molecule has 0 aliphatic heterocycles. The number of aromatic nitrogens is 2. The molecule has 1 aromatic rings. The molecule has 0 aromatic carbocycles. The van der Waals surface area contributed by atoms with Crippen molar-refractivity contribution in [3.63, 3.8) is 0 Å². The van der Waals surface area contributed by atoms with Crippen LogP contribution >= 0.6 is 0 Å². The molecule has 4 heteroatoms. The monoisotopic (exact) mass is 262 g/mol. The highest BCUT2D eigenvalue weighted by atomic mass is 15.2. The summed E-state index contributed by atoms with van der Waals surface area (Å²) in [6, 6.07) is 0.625. The van der Waals surface area contributed by atoms with Crippen molar-refractivity contribution in [3.05, 3.63) is 11.4 Å². The van der Waals surface area contributed by atoms with Crippen LogP contribution in [0, 0.1) is 13.8 Å². The third-order valence-corrected chi connectivity index (χ3v) is 4.18. The molecule has 106 valence electrons. The Morgan fingerprint density at radius 3 is 2.26 bits per heavy atom. The molecule has 19 heavy (non-hydrogen) atoms. The molecule has 1 heterocycles. The molecule has 2 rings (SSSR count). The topological polar surface area (TPSA) is 41.1 Å². The molecule has 1 saturated carbocycles. The van der Waals surface area contributed by atoms with Crippen LogP contribution in [-0.4, -0.2) is 30.1 Å². The summed E-state index contributed by atoms with van der Waals surface area (Å²) in [4.78, 5) is 11.5. The molecule has 0 radical (unpaired) electrons. The van der Waals surface area contributed by atoms with Gasteiger partial charge in [-0.1, -0.05) is 25.7 Å². The Morgan fingerprint density at radius 2 is 1.68 bits per heavy atom. The van der Waals surface area contributed by atoms with Crippen molar-refractivity contribution in [2.24, 2.45) is 0 Å². The smallest absolute Gasteiger partial charge is 0.137 e. The zero-order chi connectivity index (χ0) is 13.8. The summed E-state index contributed by atoms with van der Waals surface area (Å²) in [5.41, 5.74) is 1.15. The summed E-state index contributed by atoms with van der Waals surface area (Å²) in [5, 5.41) is 3.17. The maximum absolute atomic E-state index is 4.66. The van der Waals surface area contributed by atoms with Gasteiger partial charge in [-0.2, -0.15) is 0 Å². The summed E-state index contributed by atoms with van der Waals surface area (Å²) in [6.45, 7) is 4.07. The van der Waals surface area contributed by atoms with Crippen LogP contribution in [0.4, 0.5) is 11.6 Å². The molecule has 1 N–H and O–H groups in total. The first-order valence-corrected chi connectivity index (χ1v) is 7.39. The normalized spacial score (nSPS) is 17.1. The fourth-order valence-corrected chi connectivity index (χ4v) is 3.02. The van der Waals surface area contributed by atoms with Gasteiger partial charge < -0.3 is 10.2 Å². The van der Waals surface area contributed by atoms with Gasteiger partial charge in [0.15, 0.2) is 0 Å². The SMILES string of the molecule is CNc1nc(C)nc(N(C)C2CCCCCC2)c1C. The summed E-state index contributed by atoms with van der Waals surface area (Å²) in [6.07, 6.45) is 8.03. The van der Waals surface area contributed by atoms with E-state index in [1.807, 2.05) is 14.0 Å². The highest BCUT2D eigenvalue weighted by Crippen LogP contribution is 2.28. The molecule has 1 aliphatic carbocycles. The van der Waals surface area contributed by atoms with Crippen LogP contribution in [0.25, 0.3) is 0 Å². The van der Waals surface area contributed by atoms with Crippen molar-refractivity contribution in [2.45, 2.75) is 58.4 Å². The number of nitrogens with zero attached hydrogens (tertiary/aromatic N) is 3. The van der Waals surface area contributed by atoms with Gasteiger partial charge >= 0.3 is 0 Å². The number of aryl methyl sites for hydroxylation is 1. The molecule has 0 unspecified atom stereocenters. The minimum atomic E-state index is 0.625. The predicted molar refractivity (Wildman–Crippen MR) is 80.9 cm³/mol. The third kappa shape index (κ3) is 3.17. The van der Waals surface area contributed by atoms with E-state index < -0.39 is 0 Å². The maximum Gasteiger partial charge on any atom is 0.137 e. The third-order valence-electron chi connectivity index (χ3n) is 4.18. The van der Waals surface area contributed by atoms with Gasteiger partial charge in [-0.05, 0) is 26.7 Å². The Kier molecular flexibility index (Phi) is 4.61. The molecule has 4 nitrogen and oxygen atoms in total. The van der Waals surface area contributed by atoms with Crippen LogP contribution in [0.5, 0.6) is 0 Å². The molecular weight excluding hydrogens is 236 g/mol. The quantitative estimate of drug-likeness (QED) is 0.849. The Balaban J connectivity index is 2.26. The highest BCUT2D eigenvalue weighted by Gasteiger charge is 2.21. The van der Waals surface area contributed by atoms with Crippen molar-refractivity contribution in [1.29, 1.82) is 0 Å². The largest absolute Gasteiger partial charge is 0.373 e. The van der Waals surface area contributed by atoms with Crippen LogP contribution in [0.2, 0.25) is 0 Å². The number of anilines is 2. The molecular formula is C15H26N4. The average Bonchev–Trinajstić information content (AvgIpc) is 2.69. The lowest BCUT2D eigenvalue weighted by Crippen LogP contribution is -2.32. The van der Waals surface area contributed by atoms with Crippen LogP contribution in [0.1, 0.15) is 49.9 Å². The second kappa shape index (κ2) is 6.22. The van der Waals surface area contributed by atoms with Crippen molar-refractivity contribution in [1.82, 2.24) is 9.97 Å². The molecule has 1 aromatic heterocycles. The molecule has 0 saturated heterocycles. The maximum atomic E-state index is 4.66. The van der Waals surface area contributed by atoms with Gasteiger partial charge in [0, 0.05) is 25.7 Å². The number of rotatable bonds is 3. The fraction of sp³-hybridized carbons (Fsp3) is 0.733. The minimum Gasteiger partial charge on any atom is -0.373 e. The van der Waals surface area contributed by atoms with Gasteiger partial charge in [0.2, 0.25) is 0 Å². The van der Waals surface area contributed by atoms with Gasteiger partial charge in [-0.3, -0.25) is 0 Å². The lowest BCUT2D eigenvalue weighted by atomic mass is 10.1. The van der Waals surface area contributed by atoms with Crippen LogP contribution in [0.3, 0.4) is 0 Å². The standard InChI is InChI=1S/C15H26N4/c1-11-14(16-3)17-12(2)18-15(11)19(4)13-9-7-5-6-8-10-13/h13H,5-10H2,1-4H3,(H,16,17,18). The zero-order valence-corrected chi connectivity index (χ0v) is 12.7. The van der Waals surface area contributed by atoms with E-state index in [0.29, 0.717) is 6.04 Å². The lowest BCUT2D eigenvalue weighted by molar-refractivity contribution is 0.547. The summed E-state index contributed by atoms with van der Waals surface area (Å²) in [5.74, 6) is 2.87. The summed E-state index contributed by atoms with van der Waals surface area (Å²) < 4.78 is 0. The van der Waals surface area contributed by atoms with Crippen molar-refractivity contribution in [3.8, 4) is 0 Å². The highest BCUT2D eigenvalue weighted by molar-refractivity contribution is 5.58. The van der Waals surface area contributed by atoms with Crippen LogP contribution in [0.15, 0.2) is 0 Å². The zero-order valence-electron chi connectivity index (χ0n) is 12.7. The Hall–Kier alpha value is -1.32. The first-order valence-electron chi connectivity index (χ1n) is 7.39. The predicted octanol–water partition coefficient (Wildman–Crippen LogP) is 3.29. The molecule has 0 atom stereocenters. The second-order valence-corrected chi connectivity index (χ2v) is 5.57. The molecule has 1 fully saturated rings. The molecule has 0 spiro atoms. The average molecular weight is 262 g/mol. The van der Waals surface area contributed by atoms with Crippen molar-refractivity contribution < 1.29 is 0 Å². The summed E-state index contributed by atoms with van der Waals surface area (Å²) in [7, 11) is 4.11. The van der Waals surface area contributed by atoms with Crippen LogP contribution < -0.4 is 10.2 Å². The van der Waals surface area contributed by atoms with E-state index in [0.717, 1.165) is 23.0 Å². The lowest BCUT2D eigenvalue weighted by Gasteiger charge is -2.30. The molecule has 0 amide bonds. The van der Waals surface area contributed by atoms with E-state index in [2.05, 4.69) is 34.2 Å².